The summed E-state index contributed by atoms with van der Waals surface area (Å²) < 4.78 is 17.0. The number of hydrogen-bond donors (Lipinski definition) is 1. The smallest absolute Gasteiger partial charge is 0.123 e. The number of likely N-dealkylation sites (N-methyl/N-ethyl adjacent to an activating group) is 1. The highest BCUT2D eigenvalue weighted by molar-refractivity contribution is 7.03. The number of nitrogens with one attached hydrogen (secondary N) is 1. The third-order valence-electron chi connectivity index (χ3n) is 2.51. The Hall–Kier alpha value is -1.33. The van der Waals surface area contributed by atoms with E-state index in [1.54, 1.807) is 12.1 Å². The van der Waals surface area contributed by atoms with E-state index in [0.29, 0.717) is 0 Å². The lowest BCUT2D eigenvalue weighted by Gasteiger charge is -2.15. The van der Waals surface area contributed by atoms with Crippen molar-refractivity contribution in [2.75, 3.05) is 6.54 Å². The molecule has 0 saturated heterocycles. The molecule has 2 aromatic rings. The standard InChI is InChI=1S/C12H14FN3S/c1-2-14-11(12-8-17-16-15-12)7-9-4-3-5-10(13)6-9/h3-6,8,11,14H,2,7H2,1H3. The predicted octanol–water partition coefficient (Wildman–Crippen LogP) is 2.57. The van der Waals surface area contributed by atoms with Gasteiger partial charge >= 0.3 is 0 Å². The molecule has 0 spiro atoms. The van der Waals surface area contributed by atoms with Crippen molar-refractivity contribution >= 4 is 11.5 Å². The molecule has 1 N–H and O–H groups in total. The third kappa shape index (κ3) is 3.31. The zero-order chi connectivity index (χ0) is 12.1. The lowest BCUT2D eigenvalue weighted by Crippen LogP contribution is -2.23. The van der Waals surface area contributed by atoms with Crippen molar-refractivity contribution in [2.24, 2.45) is 0 Å². The van der Waals surface area contributed by atoms with Gasteiger partial charge in [-0.25, -0.2) is 4.39 Å². The average molecular weight is 251 g/mol. The molecule has 1 aromatic carbocycles. The van der Waals surface area contributed by atoms with Crippen LogP contribution in [0.2, 0.25) is 0 Å². The fourth-order valence-electron chi connectivity index (χ4n) is 1.75. The maximum atomic E-state index is 13.1. The Balaban J connectivity index is 2.13. The topological polar surface area (TPSA) is 37.8 Å². The van der Waals surface area contributed by atoms with Crippen molar-refractivity contribution in [2.45, 2.75) is 19.4 Å². The first-order chi connectivity index (χ1) is 8.29. The van der Waals surface area contributed by atoms with Crippen LogP contribution < -0.4 is 5.32 Å². The van der Waals surface area contributed by atoms with Gasteiger partial charge in [-0.1, -0.05) is 23.5 Å². The lowest BCUT2D eigenvalue weighted by atomic mass is 10.0. The predicted molar refractivity (Wildman–Crippen MR) is 66.4 cm³/mol. The number of rotatable bonds is 5. The minimum atomic E-state index is -0.200. The molecule has 0 aliphatic rings. The van der Waals surface area contributed by atoms with E-state index in [-0.39, 0.29) is 11.9 Å². The fourth-order valence-corrected chi connectivity index (χ4v) is 2.26. The number of nitrogens with zero attached hydrogens (tertiary/aromatic N) is 2. The Morgan fingerprint density at radius 2 is 2.35 bits per heavy atom. The highest BCUT2D eigenvalue weighted by Crippen LogP contribution is 2.17. The minimum Gasteiger partial charge on any atom is -0.309 e. The summed E-state index contributed by atoms with van der Waals surface area (Å²) in [6, 6.07) is 6.76. The molecule has 0 amide bonds. The molecule has 2 rings (SSSR count). The molecule has 3 nitrogen and oxygen atoms in total. The van der Waals surface area contributed by atoms with Crippen LogP contribution in [-0.2, 0) is 6.42 Å². The summed E-state index contributed by atoms with van der Waals surface area (Å²) in [7, 11) is 0. The zero-order valence-corrected chi connectivity index (χ0v) is 10.4. The van der Waals surface area contributed by atoms with Crippen molar-refractivity contribution in [3.8, 4) is 0 Å². The quantitative estimate of drug-likeness (QED) is 0.887. The first-order valence-corrected chi connectivity index (χ1v) is 6.38. The van der Waals surface area contributed by atoms with E-state index in [2.05, 4.69) is 14.9 Å². The molecule has 90 valence electrons. The number of halogens is 1. The zero-order valence-electron chi connectivity index (χ0n) is 9.56. The summed E-state index contributed by atoms with van der Waals surface area (Å²) in [6.07, 6.45) is 0.719. The van der Waals surface area contributed by atoms with Crippen LogP contribution in [0.25, 0.3) is 0 Å². The van der Waals surface area contributed by atoms with E-state index >= 15 is 0 Å². The second-order valence-electron chi connectivity index (χ2n) is 3.77. The fraction of sp³-hybridized carbons (Fsp3) is 0.333. The van der Waals surface area contributed by atoms with Crippen LogP contribution in [0.1, 0.15) is 24.2 Å². The van der Waals surface area contributed by atoms with Crippen LogP contribution in [-0.4, -0.2) is 16.1 Å². The SMILES string of the molecule is CCNC(Cc1cccc(F)c1)c1csnn1. The van der Waals surface area contributed by atoms with Gasteiger partial charge in [0.25, 0.3) is 0 Å². The second kappa shape index (κ2) is 5.84. The van der Waals surface area contributed by atoms with Gasteiger partial charge in [0.05, 0.1) is 11.7 Å². The second-order valence-corrected chi connectivity index (χ2v) is 4.38. The van der Waals surface area contributed by atoms with Gasteiger partial charge in [0.1, 0.15) is 5.82 Å². The summed E-state index contributed by atoms with van der Waals surface area (Å²) in [6.45, 7) is 2.88. The monoisotopic (exact) mass is 251 g/mol. The minimum absolute atomic E-state index is 0.0977. The van der Waals surface area contributed by atoms with E-state index in [4.69, 9.17) is 0 Å². The summed E-state index contributed by atoms with van der Waals surface area (Å²) in [5.74, 6) is -0.200. The van der Waals surface area contributed by atoms with Crippen LogP contribution in [0.4, 0.5) is 4.39 Å². The maximum absolute atomic E-state index is 13.1. The van der Waals surface area contributed by atoms with E-state index < -0.39 is 0 Å². The third-order valence-corrected chi connectivity index (χ3v) is 3.04. The van der Waals surface area contributed by atoms with E-state index in [0.717, 1.165) is 24.2 Å². The van der Waals surface area contributed by atoms with Gasteiger partial charge in [-0.15, -0.1) is 5.10 Å². The number of benzene rings is 1. The molecule has 0 aliphatic carbocycles. The van der Waals surface area contributed by atoms with Crippen molar-refractivity contribution in [3.63, 3.8) is 0 Å². The first-order valence-electron chi connectivity index (χ1n) is 5.54. The molecule has 0 saturated carbocycles. The Bertz CT molecular complexity index is 459. The molecule has 0 radical (unpaired) electrons. The van der Waals surface area contributed by atoms with Crippen LogP contribution in [0.5, 0.6) is 0 Å². The van der Waals surface area contributed by atoms with E-state index in [9.17, 15) is 4.39 Å². The van der Waals surface area contributed by atoms with Crippen LogP contribution >= 0.6 is 11.5 Å². The van der Waals surface area contributed by atoms with E-state index in [1.165, 1.54) is 17.6 Å². The van der Waals surface area contributed by atoms with Gasteiger partial charge in [0, 0.05) is 5.38 Å². The largest absolute Gasteiger partial charge is 0.309 e. The normalized spacial score (nSPS) is 12.6. The molecule has 1 atom stereocenters. The Kier molecular flexibility index (Phi) is 4.17. The van der Waals surface area contributed by atoms with Gasteiger partial charge in [0.2, 0.25) is 0 Å². The molecule has 0 bridgehead atoms. The Morgan fingerprint density at radius 3 is 3.00 bits per heavy atom. The van der Waals surface area contributed by atoms with Gasteiger partial charge < -0.3 is 5.32 Å². The molecular formula is C12H14FN3S. The summed E-state index contributed by atoms with van der Waals surface area (Å²) in [5.41, 5.74) is 1.88. The molecular weight excluding hydrogens is 237 g/mol. The van der Waals surface area contributed by atoms with Crippen molar-refractivity contribution in [3.05, 3.63) is 46.7 Å². The van der Waals surface area contributed by atoms with Gasteiger partial charge in [-0.2, -0.15) is 0 Å². The van der Waals surface area contributed by atoms with Crippen molar-refractivity contribution in [1.29, 1.82) is 0 Å². The maximum Gasteiger partial charge on any atom is 0.123 e. The molecule has 1 aromatic heterocycles. The van der Waals surface area contributed by atoms with Gasteiger partial charge in [-0.05, 0) is 42.2 Å². The van der Waals surface area contributed by atoms with Crippen molar-refractivity contribution in [1.82, 2.24) is 14.9 Å². The summed E-state index contributed by atoms with van der Waals surface area (Å²) >= 11 is 1.33. The average Bonchev–Trinajstić information content (AvgIpc) is 2.82. The first kappa shape index (κ1) is 12.1. The highest BCUT2D eigenvalue weighted by Gasteiger charge is 2.13. The molecule has 17 heavy (non-hydrogen) atoms. The molecule has 0 aliphatic heterocycles. The van der Waals surface area contributed by atoms with Crippen LogP contribution in [0.15, 0.2) is 29.6 Å². The summed E-state index contributed by atoms with van der Waals surface area (Å²) in [5, 5.41) is 9.32. The van der Waals surface area contributed by atoms with E-state index in [1.807, 2.05) is 18.4 Å². The van der Waals surface area contributed by atoms with Crippen molar-refractivity contribution < 1.29 is 4.39 Å². The lowest BCUT2D eigenvalue weighted by molar-refractivity contribution is 0.533. The highest BCUT2D eigenvalue weighted by atomic mass is 32.1. The van der Waals surface area contributed by atoms with Crippen LogP contribution in [0.3, 0.4) is 0 Å². The molecule has 0 fully saturated rings. The summed E-state index contributed by atoms with van der Waals surface area (Å²) in [4.78, 5) is 0. The molecule has 5 heteroatoms. The number of aromatic nitrogens is 2. The molecule has 1 unspecified atom stereocenters. The Morgan fingerprint density at radius 1 is 1.47 bits per heavy atom. The molecule has 1 heterocycles. The Labute approximate surface area is 104 Å². The van der Waals surface area contributed by atoms with Gasteiger partial charge in [-0.3, -0.25) is 0 Å². The van der Waals surface area contributed by atoms with Gasteiger partial charge in [0.15, 0.2) is 0 Å². The van der Waals surface area contributed by atoms with Crippen LogP contribution in [0, 0.1) is 5.82 Å². The number of hydrogen-bond acceptors (Lipinski definition) is 4.